The summed E-state index contributed by atoms with van der Waals surface area (Å²) in [5.41, 5.74) is 2.99. The van der Waals surface area contributed by atoms with Crippen LogP contribution < -0.4 is 0 Å². The van der Waals surface area contributed by atoms with Crippen LogP contribution in [0.25, 0.3) is 11.1 Å². The van der Waals surface area contributed by atoms with Crippen molar-refractivity contribution < 1.29 is 19.1 Å². The summed E-state index contributed by atoms with van der Waals surface area (Å²) >= 11 is 0. The molecule has 0 N–H and O–H groups in total. The molecule has 4 nitrogen and oxygen atoms in total. The van der Waals surface area contributed by atoms with Crippen LogP contribution in [0.5, 0.6) is 0 Å². The minimum atomic E-state index is -0.943. The fourth-order valence-electron chi connectivity index (χ4n) is 2.29. The number of hydrogen-bond donors (Lipinski definition) is 0. The van der Waals surface area contributed by atoms with E-state index in [1.54, 1.807) is 0 Å². The summed E-state index contributed by atoms with van der Waals surface area (Å²) < 4.78 is 9.37. The monoisotopic (exact) mass is 298 g/mol. The third kappa shape index (κ3) is 3.73. The maximum atomic E-state index is 11.7. The van der Waals surface area contributed by atoms with Gasteiger partial charge in [0, 0.05) is 0 Å². The van der Waals surface area contributed by atoms with Crippen LogP contribution in [0.2, 0.25) is 0 Å². The van der Waals surface area contributed by atoms with E-state index < -0.39 is 17.9 Å². The number of benzene rings is 2. The largest absolute Gasteiger partial charge is 0.468 e. The smallest absolute Gasteiger partial charge is 0.320 e. The van der Waals surface area contributed by atoms with Crippen molar-refractivity contribution in [2.24, 2.45) is 5.92 Å². The van der Waals surface area contributed by atoms with Gasteiger partial charge >= 0.3 is 11.9 Å². The minimum absolute atomic E-state index is 0.250. The van der Waals surface area contributed by atoms with Crippen molar-refractivity contribution >= 4 is 11.9 Å². The van der Waals surface area contributed by atoms with Gasteiger partial charge in [0.2, 0.25) is 0 Å². The Balaban J connectivity index is 2.25. The predicted octanol–water partition coefficient (Wildman–Crippen LogP) is 2.86. The maximum Gasteiger partial charge on any atom is 0.320 e. The molecule has 0 aliphatic carbocycles. The van der Waals surface area contributed by atoms with E-state index >= 15 is 0 Å². The van der Waals surface area contributed by atoms with Crippen molar-refractivity contribution in [2.45, 2.75) is 6.42 Å². The average molecular weight is 298 g/mol. The first-order valence-electron chi connectivity index (χ1n) is 6.95. The summed E-state index contributed by atoms with van der Waals surface area (Å²) in [6.45, 7) is 0. The lowest BCUT2D eigenvalue weighted by atomic mass is 9.96. The topological polar surface area (TPSA) is 52.6 Å². The lowest BCUT2D eigenvalue weighted by molar-refractivity contribution is -0.158. The van der Waals surface area contributed by atoms with Crippen molar-refractivity contribution in [2.75, 3.05) is 14.2 Å². The van der Waals surface area contributed by atoms with E-state index in [0.29, 0.717) is 0 Å². The zero-order valence-electron chi connectivity index (χ0n) is 12.6. The lowest BCUT2D eigenvalue weighted by Crippen LogP contribution is -2.28. The number of methoxy groups -OCH3 is 2. The second-order valence-electron chi connectivity index (χ2n) is 4.87. The van der Waals surface area contributed by atoms with Gasteiger partial charge in [0.1, 0.15) is 0 Å². The highest BCUT2D eigenvalue weighted by atomic mass is 16.5. The summed E-state index contributed by atoms with van der Waals surface area (Å²) in [5.74, 6) is -2.12. The fraction of sp³-hybridized carbons (Fsp3) is 0.222. The Kier molecular flexibility index (Phi) is 5.31. The van der Waals surface area contributed by atoms with Crippen molar-refractivity contribution in [3.05, 3.63) is 60.2 Å². The van der Waals surface area contributed by atoms with Crippen LogP contribution in [0, 0.1) is 5.92 Å². The molecule has 114 valence electrons. The standard InChI is InChI=1S/C18H18O4/c1-21-17(19)16(18(20)22-2)12-13-7-6-10-15(11-13)14-8-4-3-5-9-14/h3-11,16H,12H2,1-2H3. The lowest BCUT2D eigenvalue weighted by Gasteiger charge is -2.13. The molecule has 0 saturated heterocycles. The first kappa shape index (κ1) is 15.8. The second-order valence-corrected chi connectivity index (χ2v) is 4.87. The third-order valence-corrected chi connectivity index (χ3v) is 3.45. The number of esters is 2. The molecule has 0 saturated carbocycles. The maximum absolute atomic E-state index is 11.7. The average Bonchev–Trinajstić information content (AvgIpc) is 2.59. The molecule has 2 rings (SSSR count). The summed E-state index contributed by atoms with van der Waals surface area (Å²) in [6, 6.07) is 17.7. The molecule has 2 aromatic rings. The van der Waals surface area contributed by atoms with Gasteiger partial charge in [-0.3, -0.25) is 9.59 Å². The van der Waals surface area contributed by atoms with Crippen molar-refractivity contribution in [1.82, 2.24) is 0 Å². The highest BCUT2D eigenvalue weighted by Gasteiger charge is 2.28. The fourth-order valence-corrected chi connectivity index (χ4v) is 2.29. The number of rotatable bonds is 5. The highest BCUT2D eigenvalue weighted by Crippen LogP contribution is 2.22. The van der Waals surface area contributed by atoms with Crippen molar-refractivity contribution in [1.29, 1.82) is 0 Å². The number of hydrogen-bond acceptors (Lipinski definition) is 4. The van der Waals surface area contributed by atoms with Crippen LogP contribution in [-0.2, 0) is 25.5 Å². The molecule has 0 spiro atoms. The van der Waals surface area contributed by atoms with E-state index in [9.17, 15) is 9.59 Å². The van der Waals surface area contributed by atoms with Gasteiger partial charge in [-0.25, -0.2) is 0 Å². The quantitative estimate of drug-likeness (QED) is 0.629. The SMILES string of the molecule is COC(=O)C(Cc1cccc(-c2ccccc2)c1)C(=O)OC. The molecule has 0 aromatic heterocycles. The summed E-state index contributed by atoms with van der Waals surface area (Å²) in [5, 5.41) is 0. The molecule has 2 aromatic carbocycles. The summed E-state index contributed by atoms with van der Waals surface area (Å²) in [4.78, 5) is 23.5. The normalized spacial score (nSPS) is 10.3. The van der Waals surface area contributed by atoms with Crippen LogP contribution in [0.3, 0.4) is 0 Å². The minimum Gasteiger partial charge on any atom is -0.468 e. The van der Waals surface area contributed by atoms with Crippen LogP contribution in [0.4, 0.5) is 0 Å². The van der Waals surface area contributed by atoms with Gasteiger partial charge in [-0.15, -0.1) is 0 Å². The van der Waals surface area contributed by atoms with E-state index in [1.165, 1.54) is 14.2 Å². The van der Waals surface area contributed by atoms with E-state index in [2.05, 4.69) is 9.47 Å². The molecule has 0 amide bonds. The Morgan fingerprint density at radius 3 is 2.05 bits per heavy atom. The molecule has 0 fully saturated rings. The van der Waals surface area contributed by atoms with Crippen molar-refractivity contribution in [3.63, 3.8) is 0 Å². The summed E-state index contributed by atoms with van der Waals surface area (Å²) in [7, 11) is 2.53. The van der Waals surface area contributed by atoms with Crippen LogP contribution in [0.1, 0.15) is 5.56 Å². The molecular formula is C18H18O4. The Hall–Kier alpha value is -2.62. The van der Waals surface area contributed by atoms with Gasteiger partial charge in [0.05, 0.1) is 14.2 Å². The molecule has 4 heteroatoms. The van der Waals surface area contributed by atoms with E-state index in [4.69, 9.17) is 0 Å². The molecule has 0 bridgehead atoms. The van der Waals surface area contributed by atoms with E-state index in [1.807, 2.05) is 54.6 Å². The molecule has 0 radical (unpaired) electrons. The molecule has 0 heterocycles. The van der Waals surface area contributed by atoms with Gasteiger partial charge in [-0.1, -0.05) is 54.6 Å². The Labute approximate surface area is 129 Å². The van der Waals surface area contributed by atoms with Crippen LogP contribution in [-0.4, -0.2) is 26.2 Å². The zero-order valence-corrected chi connectivity index (χ0v) is 12.6. The van der Waals surface area contributed by atoms with Crippen molar-refractivity contribution in [3.8, 4) is 11.1 Å². The van der Waals surface area contributed by atoms with Gasteiger partial charge in [0.15, 0.2) is 5.92 Å². The van der Waals surface area contributed by atoms with E-state index in [0.717, 1.165) is 16.7 Å². The van der Waals surface area contributed by atoms with Gasteiger partial charge in [0.25, 0.3) is 0 Å². The predicted molar refractivity (Wildman–Crippen MR) is 83.1 cm³/mol. The zero-order chi connectivity index (χ0) is 15.9. The molecule has 22 heavy (non-hydrogen) atoms. The molecular weight excluding hydrogens is 280 g/mol. The first-order valence-corrected chi connectivity index (χ1v) is 6.95. The Morgan fingerprint density at radius 2 is 1.45 bits per heavy atom. The summed E-state index contributed by atoms with van der Waals surface area (Å²) in [6.07, 6.45) is 0.250. The van der Waals surface area contributed by atoms with Crippen LogP contribution >= 0.6 is 0 Å². The molecule has 0 unspecified atom stereocenters. The number of carbonyl (C=O) groups excluding carboxylic acids is 2. The Morgan fingerprint density at radius 1 is 0.864 bits per heavy atom. The highest BCUT2D eigenvalue weighted by molar-refractivity contribution is 5.95. The third-order valence-electron chi connectivity index (χ3n) is 3.45. The van der Waals surface area contributed by atoms with E-state index in [-0.39, 0.29) is 6.42 Å². The molecule has 0 atom stereocenters. The first-order chi connectivity index (χ1) is 10.7. The van der Waals surface area contributed by atoms with Crippen LogP contribution in [0.15, 0.2) is 54.6 Å². The number of ether oxygens (including phenoxy) is 2. The number of carbonyl (C=O) groups is 2. The Bertz CT molecular complexity index is 633. The van der Waals surface area contributed by atoms with Gasteiger partial charge in [-0.2, -0.15) is 0 Å². The van der Waals surface area contributed by atoms with Gasteiger partial charge in [-0.05, 0) is 23.1 Å². The molecule has 0 aliphatic heterocycles. The molecule has 0 aliphatic rings. The second kappa shape index (κ2) is 7.41. The van der Waals surface area contributed by atoms with Gasteiger partial charge < -0.3 is 9.47 Å².